The molecule has 4 nitrogen and oxygen atoms in total. The first-order valence-electron chi connectivity index (χ1n) is 8.21. The van der Waals surface area contributed by atoms with Gasteiger partial charge < -0.3 is 5.32 Å². The second kappa shape index (κ2) is 6.29. The first-order chi connectivity index (χ1) is 11.0. The molecule has 1 N–H and O–H groups in total. The van der Waals surface area contributed by atoms with Crippen LogP contribution in [0.15, 0.2) is 24.3 Å². The Hall–Kier alpha value is -1.93. The Morgan fingerprint density at radius 2 is 2.09 bits per heavy atom. The topological polar surface area (TPSA) is 56.1 Å². The number of nitrogens with one attached hydrogen (secondary N) is 1. The summed E-state index contributed by atoms with van der Waals surface area (Å²) in [6.07, 6.45) is 4.07. The minimum Gasteiger partial charge on any atom is -0.337 e. The Morgan fingerprint density at radius 3 is 2.65 bits per heavy atom. The van der Waals surface area contributed by atoms with E-state index in [0.29, 0.717) is 18.2 Å². The molecule has 1 amide bonds. The van der Waals surface area contributed by atoms with Crippen LogP contribution in [0.3, 0.4) is 0 Å². The molecular formula is C18H22FN3O. The van der Waals surface area contributed by atoms with E-state index in [0.717, 1.165) is 25.7 Å². The monoisotopic (exact) mass is 315 g/mol. The van der Waals surface area contributed by atoms with Gasteiger partial charge in [0.05, 0.1) is 12.6 Å². The fourth-order valence-corrected chi connectivity index (χ4v) is 2.99. The average Bonchev–Trinajstić information content (AvgIpc) is 3.41. The van der Waals surface area contributed by atoms with Crippen molar-refractivity contribution in [2.75, 3.05) is 6.54 Å². The summed E-state index contributed by atoms with van der Waals surface area (Å²) in [5.74, 6) is -0.125. The molecule has 2 fully saturated rings. The van der Waals surface area contributed by atoms with Gasteiger partial charge in [0, 0.05) is 18.2 Å². The van der Waals surface area contributed by atoms with Gasteiger partial charge in [-0.25, -0.2) is 4.39 Å². The molecule has 0 aliphatic heterocycles. The number of nitriles is 1. The van der Waals surface area contributed by atoms with E-state index in [9.17, 15) is 14.4 Å². The van der Waals surface area contributed by atoms with Crippen LogP contribution in [-0.2, 0) is 11.3 Å². The number of carbonyl (C=O) groups is 1. The van der Waals surface area contributed by atoms with Crippen molar-refractivity contribution in [3.05, 3.63) is 35.6 Å². The molecule has 1 aromatic carbocycles. The van der Waals surface area contributed by atoms with Gasteiger partial charge in [-0.05, 0) is 44.6 Å². The third-order valence-corrected chi connectivity index (χ3v) is 4.77. The number of amides is 1. The Balaban J connectivity index is 1.62. The number of nitrogens with zero attached hydrogens (tertiary/aromatic N) is 2. The Labute approximate surface area is 136 Å². The van der Waals surface area contributed by atoms with Crippen molar-refractivity contribution in [2.45, 2.75) is 50.7 Å². The lowest BCUT2D eigenvalue weighted by molar-refractivity contribution is -0.124. The minimum absolute atomic E-state index is 0.149. The highest BCUT2D eigenvalue weighted by molar-refractivity contribution is 5.79. The molecule has 0 aromatic heterocycles. The number of carbonyl (C=O) groups excluding carboxylic acids is 1. The van der Waals surface area contributed by atoms with Gasteiger partial charge in [0.1, 0.15) is 11.4 Å². The van der Waals surface area contributed by atoms with Crippen molar-refractivity contribution < 1.29 is 9.18 Å². The van der Waals surface area contributed by atoms with Gasteiger partial charge in [-0.3, -0.25) is 9.69 Å². The van der Waals surface area contributed by atoms with Crippen molar-refractivity contribution in [1.29, 1.82) is 5.26 Å². The van der Waals surface area contributed by atoms with Gasteiger partial charge in [0.15, 0.2) is 0 Å². The zero-order chi connectivity index (χ0) is 16.4. The van der Waals surface area contributed by atoms with Crippen LogP contribution in [0.1, 0.15) is 38.2 Å². The van der Waals surface area contributed by atoms with E-state index in [1.54, 1.807) is 19.1 Å². The minimum atomic E-state index is -0.774. The smallest absolute Gasteiger partial charge is 0.235 e. The van der Waals surface area contributed by atoms with Crippen LogP contribution in [-0.4, -0.2) is 28.9 Å². The fraction of sp³-hybridized carbons (Fsp3) is 0.556. The molecule has 0 heterocycles. The highest BCUT2D eigenvalue weighted by Crippen LogP contribution is 2.39. The zero-order valence-electron chi connectivity index (χ0n) is 13.4. The van der Waals surface area contributed by atoms with Crippen LogP contribution in [0.2, 0.25) is 0 Å². The molecule has 0 unspecified atom stereocenters. The molecule has 0 bridgehead atoms. The SMILES string of the molecule is C[C@@](C#N)(NC(=O)CN(Cc1ccccc1F)C1CC1)C1CC1. The number of hydrogen-bond acceptors (Lipinski definition) is 3. The molecule has 1 atom stereocenters. The van der Waals surface area contributed by atoms with Crippen molar-refractivity contribution in [3.8, 4) is 6.07 Å². The molecule has 0 spiro atoms. The molecule has 23 heavy (non-hydrogen) atoms. The van der Waals surface area contributed by atoms with Crippen molar-refractivity contribution in [1.82, 2.24) is 10.2 Å². The maximum Gasteiger partial charge on any atom is 0.235 e. The normalized spacial score (nSPS) is 19.9. The third kappa shape index (κ3) is 3.89. The molecule has 0 radical (unpaired) electrons. The molecule has 0 saturated heterocycles. The summed E-state index contributed by atoms with van der Waals surface area (Å²) in [7, 11) is 0. The molecular weight excluding hydrogens is 293 g/mol. The summed E-state index contributed by atoms with van der Waals surface area (Å²) < 4.78 is 13.8. The van der Waals surface area contributed by atoms with Crippen LogP contribution in [0.5, 0.6) is 0 Å². The zero-order valence-corrected chi connectivity index (χ0v) is 13.4. The molecule has 2 saturated carbocycles. The molecule has 5 heteroatoms. The number of benzene rings is 1. The van der Waals surface area contributed by atoms with Crippen molar-refractivity contribution >= 4 is 5.91 Å². The fourth-order valence-electron chi connectivity index (χ4n) is 2.99. The van der Waals surface area contributed by atoms with Crippen LogP contribution in [0.25, 0.3) is 0 Å². The summed E-state index contributed by atoms with van der Waals surface area (Å²) in [6, 6.07) is 9.26. The number of halogens is 1. The van der Waals surface area contributed by atoms with Gasteiger partial charge in [-0.1, -0.05) is 18.2 Å². The van der Waals surface area contributed by atoms with Crippen LogP contribution >= 0.6 is 0 Å². The summed E-state index contributed by atoms with van der Waals surface area (Å²) in [4.78, 5) is 14.4. The standard InChI is InChI=1S/C18H22FN3O/c1-18(12-20,14-6-7-14)21-17(23)11-22(15-8-9-15)10-13-4-2-3-5-16(13)19/h2-5,14-15H,6-11H2,1H3,(H,21,23)/t18-/m0/s1. The lowest BCUT2D eigenvalue weighted by atomic mass is 9.98. The Kier molecular flexibility index (Phi) is 4.36. The van der Waals surface area contributed by atoms with E-state index in [4.69, 9.17) is 0 Å². The molecule has 2 aliphatic rings. The van der Waals surface area contributed by atoms with Crippen molar-refractivity contribution in [3.63, 3.8) is 0 Å². The Morgan fingerprint density at radius 1 is 1.39 bits per heavy atom. The number of rotatable bonds is 7. The van der Waals surface area contributed by atoms with Crippen molar-refractivity contribution in [2.24, 2.45) is 5.92 Å². The number of hydrogen-bond donors (Lipinski definition) is 1. The Bertz CT molecular complexity index is 633. The van der Waals surface area contributed by atoms with Crippen LogP contribution in [0.4, 0.5) is 4.39 Å². The maximum absolute atomic E-state index is 13.8. The van der Waals surface area contributed by atoms with E-state index < -0.39 is 5.54 Å². The van der Waals surface area contributed by atoms with Gasteiger partial charge in [-0.15, -0.1) is 0 Å². The largest absolute Gasteiger partial charge is 0.337 e. The van der Waals surface area contributed by atoms with Crippen LogP contribution < -0.4 is 5.32 Å². The highest BCUT2D eigenvalue weighted by atomic mass is 19.1. The molecule has 2 aliphatic carbocycles. The van der Waals surface area contributed by atoms with E-state index in [1.165, 1.54) is 6.07 Å². The van der Waals surface area contributed by atoms with E-state index in [2.05, 4.69) is 11.4 Å². The lowest BCUT2D eigenvalue weighted by Crippen LogP contribution is -2.50. The quantitative estimate of drug-likeness (QED) is 0.841. The molecule has 122 valence electrons. The van der Waals surface area contributed by atoms with Gasteiger partial charge in [-0.2, -0.15) is 5.26 Å². The molecule has 3 rings (SSSR count). The average molecular weight is 315 g/mol. The summed E-state index contributed by atoms with van der Waals surface area (Å²) >= 11 is 0. The van der Waals surface area contributed by atoms with Gasteiger partial charge in [0.2, 0.25) is 5.91 Å². The predicted molar refractivity (Wildman–Crippen MR) is 84.7 cm³/mol. The third-order valence-electron chi connectivity index (χ3n) is 4.77. The highest BCUT2D eigenvalue weighted by Gasteiger charge is 2.43. The van der Waals surface area contributed by atoms with E-state index >= 15 is 0 Å². The second-order valence-corrected chi connectivity index (χ2v) is 6.86. The van der Waals surface area contributed by atoms with E-state index in [1.807, 2.05) is 11.0 Å². The maximum atomic E-state index is 13.8. The first-order valence-corrected chi connectivity index (χ1v) is 8.21. The van der Waals surface area contributed by atoms with E-state index in [-0.39, 0.29) is 24.2 Å². The van der Waals surface area contributed by atoms with Gasteiger partial charge in [0.25, 0.3) is 0 Å². The van der Waals surface area contributed by atoms with Crippen LogP contribution in [0, 0.1) is 23.1 Å². The second-order valence-electron chi connectivity index (χ2n) is 6.86. The lowest BCUT2D eigenvalue weighted by Gasteiger charge is -2.26. The molecule has 1 aromatic rings. The summed E-state index contributed by atoms with van der Waals surface area (Å²) in [6.45, 7) is 2.43. The summed E-state index contributed by atoms with van der Waals surface area (Å²) in [5.41, 5.74) is -0.165. The first kappa shape index (κ1) is 15.9. The predicted octanol–water partition coefficient (Wildman–Crippen LogP) is 2.60. The summed E-state index contributed by atoms with van der Waals surface area (Å²) in [5, 5.41) is 12.2. The van der Waals surface area contributed by atoms with Gasteiger partial charge >= 0.3 is 0 Å².